The number of rotatable bonds is 1. The summed E-state index contributed by atoms with van der Waals surface area (Å²) in [6.45, 7) is 2.01. The van der Waals surface area contributed by atoms with E-state index < -0.39 is 0 Å². The van der Waals surface area contributed by atoms with Crippen molar-refractivity contribution < 1.29 is 4.79 Å². The van der Waals surface area contributed by atoms with Crippen molar-refractivity contribution in [2.24, 2.45) is 0 Å². The highest BCUT2D eigenvalue weighted by Crippen LogP contribution is 2.37. The molecule has 2 saturated heterocycles. The minimum absolute atomic E-state index is 0.0103. The molecule has 3 rings (SSSR count). The first kappa shape index (κ1) is 10.7. The van der Waals surface area contributed by atoms with Crippen molar-refractivity contribution in [3.63, 3.8) is 0 Å². The molecule has 2 N–H and O–H groups in total. The van der Waals surface area contributed by atoms with Crippen LogP contribution in [0.2, 0.25) is 0 Å². The Morgan fingerprint density at radius 3 is 2.65 bits per heavy atom. The molecular formula is C13H17N3O. The average molecular weight is 231 g/mol. The van der Waals surface area contributed by atoms with Crippen molar-refractivity contribution in [2.75, 3.05) is 13.1 Å². The minimum atomic E-state index is 0.0103. The SMILES string of the molecule is O=C1NC2(CCNCC2)C[C@@H]1c1ccncc1. The van der Waals surface area contributed by atoms with Crippen LogP contribution in [0.25, 0.3) is 0 Å². The van der Waals surface area contributed by atoms with E-state index in [2.05, 4.69) is 15.6 Å². The molecule has 1 aromatic rings. The molecular weight excluding hydrogens is 214 g/mol. The summed E-state index contributed by atoms with van der Waals surface area (Å²) in [6.07, 6.45) is 6.53. The maximum Gasteiger partial charge on any atom is 0.228 e. The minimum Gasteiger partial charge on any atom is -0.350 e. The van der Waals surface area contributed by atoms with Crippen LogP contribution in [0.4, 0.5) is 0 Å². The second-order valence-electron chi connectivity index (χ2n) is 5.06. The molecule has 1 atom stereocenters. The maximum atomic E-state index is 12.1. The van der Waals surface area contributed by atoms with Crippen LogP contribution in [-0.2, 0) is 4.79 Å². The largest absolute Gasteiger partial charge is 0.350 e. The van der Waals surface area contributed by atoms with E-state index in [4.69, 9.17) is 0 Å². The Bertz CT molecular complexity index is 412. The molecule has 2 aliphatic rings. The molecule has 2 fully saturated rings. The number of aromatic nitrogens is 1. The molecule has 0 aliphatic carbocycles. The molecule has 4 nitrogen and oxygen atoms in total. The van der Waals surface area contributed by atoms with E-state index in [0.29, 0.717) is 0 Å². The molecule has 1 spiro atoms. The van der Waals surface area contributed by atoms with E-state index >= 15 is 0 Å². The fourth-order valence-electron chi connectivity index (χ4n) is 2.98. The number of nitrogens with zero attached hydrogens (tertiary/aromatic N) is 1. The van der Waals surface area contributed by atoms with Crippen LogP contribution >= 0.6 is 0 Å². The topological polar surface area (TPSA) is 54.0 Å². The highest BCUT2D eigenvalue weighted by molar-refractivity contribution is 5.87. The summed E-state index contributed by atoms with van der Waals surface area (Å²) in [5, 5.41) is 6.56. The molecule has 17 heavy (non-hydrogen) atoms. The number of hydrogen-bond acceptors (Lipinski definition) is 3. The number of piperidine rings is 1. The van der Waals surface area contributed by atoms with Crippen molar-refractivity contribution in [3.8, 4) is 0 Å². The quantitative estimate of drug-likeness (QED) is 0.752. The Hall–Kier alpha value is -1.42. The van der Waals surface area contributed by atoms with Crippen molar-refractivity contribution in [3.05, 3.63) is 30.1 Å². The Morgan fingerprint density at radius 1 is 1.24 bits per heavy atom. The van der Waals surface area contributed by atoms with Gasteiger partial charge in [-0.2, -0.15) is 0 Å². The smallest absolute Gasteiger partial charge is 0.228 e. The van der Waals surface area contributed by atoms with Crippen molar-refractivity contribution in [1.29, 1.82) is 0 Å². The molecule has 0 aromatic carbocycles. The first-order valence-electron chi connectivity index (χ1n) is 6.22. The molecule has 4 heteroatoms. The fraction of sp³-hybridized carbons (Fsp3) is 0.538. The molecule has 0 unspecified atom stereocenters. The third-order valence-corrected chi connectivity index (χ3v) is 3.97. The number of pyridine rings is 1. The molecule has 90 valence electrons. The predicted molar refractivity (Wildman–Crippen MR) is 64.6 cm³/mol. The molecule has 2 aliphatic heterocycles. The van der Waals surface area contributed by atoms with Gasteiger partial charge in [-0.05, 0) is 50.0 Å². The van der Waals surface area contributed by atoms with Gasteiger partial charge >= 0.3 is 0 Å². The fourth-order valence-corrected chi connectivity index (χ4v) is 2.98. The molecule has 1 amide bonds. The number of carbonyl (C=O) groups excluding carboxylic acids is 1. The van der Waals surface area contributed by atoms with Gasteiger partial charge in [0, 0.05) is 17.9 Å². The lowest BCUT2D eigenvalue weighted by atomic mass is 9.82. The van der Waals surface area contributed by atoms with Gasteiger partial charge in [0.05, 0.1) is 5.92 Å². The Morgan fingerprint density at radius 2 is 1.94 bits per heavy atom. The average Bonchev–Trinajstić information content (AvgIpc) is 2.68. The standard InChI is InChI=1S/C13H17N3O/c17-12-11(10-1-5-14-6-2-10)9-13(16-12)3-7-15-8-4-13/h1-2,5-6,11,15H,3-4,7-9H2,(H,16,17)/t11-/m1/s1. The van der Waals surface area contributed by atoms with E-state index in [1.54, 1.807) is 12.4 Å². The van der Waals surface area contributed by atoms with Crippen molar-refractivity contribution in [2.45, 2.75) is 30.7 Å². The molecule has 3 heterocycles. The summed E-state index contributed by atoms with van der Waals surface area (Å²) >= 11 is 0. The van der Waals surface area contributed by atoms with Gasteiger partial charge in [0.25, 0.3) is 0 Å². The van der Waals surface area contributed by atoms with Gasteiger partial charge in [0.2, 0.25) is 5.91 Å². The number of nitrogens with one attached hydrogen (secondary N) is 2. The normalized spacial score (nSPS) is 27.1. The molecule has 0 bridgehead atoms. The van der Waals surface area contributed by atoms with E-state index in [1.807, 2.05) is 12.1 Å². The monoisotopic (exact) mass is 231 g/mol. The lowest BCUT2D eigenvalue weighted by Crippen LogP contribution is -2.49. The Kier molecular flexibility index (Phi) is 2.59. The summed E-state index contributed by atoms with van der Waals surface area (Å²) in [6, 6.07) is 3.90. The second kappa shape index (κ2) is 4.11. The molecule has 1 aromatic heterocycles. The zero-order valence-electron chi connectivity index (χ0n) is 9.78. The maximum absolute atomic E-state index is 12.1. The van der Waals surface area contributed by atoms with Crippen molar-refractivity contribution >= 4 is 5.91 Å². The third-order valence-electron chi connectivity index (χ3n) is 3.97. The summed E-state index contributed by atoms with van der Waals surface area (Å²) in [7, 11) is 0. The van der Waals surface area contributed by atoms with Crippen LogP contribution < -0.4 is 10.6 Å². The first-order valence-corrected chi connectivity index (χ1v) is 6.22. The van der Waals surface area contributed by atoms with Crippen LogP contribution in [0.15, 0.2) is 24.5 Å². The van der Waals surface area contributed by atoms with Gasteiger partial charge in [-0.3, -0.25) is 9.78 Å². The van der Waals surface area contributed by atoms with Gasteiger partial charge in [0.15, 0.2) is 0 Å². The molecule has 0 radical (unpaired) electrons. The van der Waals surface area contributed by atoms with E-state index in [-0.39, 0.29) is 17.4 Å². The van der Waals surface area contributed by atoms with Gasteiger partial charge in [-0.15, -0.1) is 0 Å². The lowest BCUT2D eigenvalue weighted by Gasteiger charge is -2.33. The van der Waals surface area contributed by atoms with Gasteiger partial charge in [-0.25, -0.2) is 0 Å². The second-order valence-corrected chi connectivity index (χ2v) is 5.06. The number of carbonyl (C=O) groups is 1. The van der Waals surface area contributed by atoms with Gasteiger partial charge in [-0.1, -0.05) is 0 Å². The van der Waals surface area contributed by atoms with E-state index in [1.165, 1.54) is 0 Å². The summed E-state index contributed by atoms with van der Waals surface area (Å²) in [4.78, 5) is 16.1. The zero-order chi connectivity index (χ0) is 11.7. The van der Waals surface area contributed by atoms with Crippen LogP contribution in [0.1, 0.15) is 30.7 Å². The van der Waals surface area contributed by atoms with E-state index in [0.717, 1.165) is 37.9 Å². The first-order chi connectivity index (χ1) is 8.29. The Balaban J connectivity index is 1.82. The van der Waals surface area contributed by atoms with Gasteiger partial charge in [0.1, 0.15) is 0 Å². The van der Waals surface area contributed by atoms with Crippen LogP contribution in [0, 0.1) is 0 Å². The lowest BCUT2D eigenvalue weighted by molar-refractivity contribution is -0.121. The Labute approximate surface area is 101 Å². The summed E-state index contributed by atoms with van der Waals surface area (Å²) in [5.74, 6) is 0.189. The van der Waals surface area contributed by atoms with Gasteiger partial charge < -0.3 is 10.6 Å². The zero-order valence-corrected chi connectivity index (χ0v) is 9.78. The predicted octanol–water partition coefficient (Wildman–Crippen LogP) is 0.807. The van der Waals surface area contributed by atoms with Crippen molar-refractivity contribution in [1.82, 2.24) is 15.6 Å². The van der Waals surface area contributed by atoms with Crippen LogP contribution in [0.5, 0.6) is 0 Å². The number of amides is 1. The van der Waals surface area contributed by atoms with Crippen LogP contribution in [-0.4, -0.2) is 29.5 Å². The third kappa shape index (κ3) is 1.93. The van der Waals surface area contributed by atoms with E-state index in [9.17, 15) is 4.79 Å². The van der Waals surface area contributed by atoms with Crippen LogP contribution in [0.3, 0.4) is 0 Å². The number of hydrogen-bond donors (Lipinski definition) is 2. The molecule has 0 saturated carbocycles. The summed E-state index contributed by atoms with van der Waals surface area (Å²) < 4.78 is 0. The highest BCUT2D eigenvalue weighted by Gasteiger charge is 2.44. The highest BCUT2D eigenvalue weighted by atomic mass is 16.2. The summed E-state index contributed by atoms with van der Waals surface area (Å²) in [5.41, 5.74) is 1.13.